The van der Waals surface area contributed by atoms with Gasteiger partial charge in [-0.25, -0.2) is 9.07 Å². The SMILES string of the molecule is Cc1ccc(Nc2nn(-c3ccc(F)cc3)c3c2C(=O)CC(C)C3)cc1Cl. The minimum atomic E-state index is -0.308. The van der Waals surface area contributed by atoms with Crippen molar-refractivity contribution in [3.05, 3.63) is 70.1 Å². The average Bonchev–Trinajstić information content (AvgIpc) is 2.97. The van der Waals surface area contributed by atoms with E-state index < -0.39 is 0 Å². The Morgan fingerprint density at radius 2 is 1.93 bits per heavy atom. The molecule has 1 unspecified atom stereocenters. The number of carbonyl (C=O) groups excluding carboxylic acids is 1. The molecule has 1 atom stereocenters. The molecule has 138 valence electrons. The third-order valence-corrected chi connectivity index (χ3v) is 5.25. The molecular formula is C21H19ClFN3O. The standard InChI is InChI=1S/C21H19ClFN3O/c1-12-9-18-20(19(27)10-12)21(24-15-6-3-13(2)17(22)11-15)25-26(18)16-7-4-14(23)5-8-16/h3-8,11-12H,9-10H2,1-2H3,(H,24,25). The van der Waals surface area contributed by atoms with Crippen LogP contribution in [0.15, 0.2) is 42.5 Å². The molecule has 1 heterocycles. The normalized spacial score (nSPS) is 16.3. The Morgan fingerprint density at radius 1 is 1.19 bits per heavy atom. The number of benzene rings is 2. The predicted molar refractivity (Wildman–Crippen MR) is 105 cm³/mol. The van der Waals surface area contributed by atoms with Gasteiger partial charge in [0.05, 0.1) is 16.9 Å². The lowest BCUT2D eigenvalue weighted by atomic mass is 9.87. The molecule has 1 aliphatic carbocycles. The van der Waals surface area contributed by atoms with E-state index in [0.29, 0.717) is 22.8 Å². The molecule has 0 saturated heterocycles. The highest BCUT2D eigenvalue weighted by atomic mass is 35.5. The van der Waals surface area contributed by atoms with Crippen molar-refractivity contribution in [2.75, 3.05) is 5.32 Å². The Kier molecular flexibility index (Phi) is 4.48. The molecule has 3 aromatic rings. The first-order valence-electron chi connectivity index (χ1n) is 8.86. The maximum Gasteiger partial charge on any atom is 0.168 e. The number of aromatic nitrogens is 2. The fourth-order valence-corrected chi connectivity index (χ4v) is 3.63. The highest BCUT2D eigenvalue weighted by Crippen LogP contribution is 2.34. The van der Waals surface area contributed by atoms with Crippen molar-refractivity contribution in [1.82, 2.24) is 9.78 Å². The van der Waals surface area contributed by atoms with Crippen LogP contribution in [0.4, 0.5) is 15.9 Å². The van der Waals surface area contributed by atoms with Gasteiger partial charge in [-0.15, -0.1) is 5.10 Å². The number of hydrogen-bond acceptors (Lipinski definition) is 3. The fraction of sp³-hybridized carbons (Fsp3) is 0.238. The van der Waals surface area contributed by atoms with E-state index in [0.717, 1.165) is 29.1 Å². The lowest BCUT2D eigenvalue weighted by Crippen LogP contribution is -2.19. The summed E-state index contributed by atoms with van der Waals surface area (Å²) < 4.78 is 15.1. The number of aryl methyl sites for hydroxylation is 1. The molecule has 0 fully saturated rings. The molecule has 0 saturated carbocycles. The van der Waals surface area contributed by atoms with Crippen molar-refractivity contribution in [2.45, 2.75) is 26.7 Å². The third-order valence-electron chi connectivity index (χ3n) is 4.84. The minimum absolute atomic E-state index is 0.0674. The largest absolute Gasteiger partial charge is 0.338 e. The molecule has 0 spiro atoms. The molecule has 0 radical (unpaired) electrons. The molecule has 1 aromatic heterocycles. The molecule has 27 heavy (non-hydrogen) atoms. The summed E-state index contributed by atoms with van der Waals surface area (Å²) in [5.41, 5.74) is 3.93. The first-order chi connectivity index (χ1) is 12.9. The van der Waals surface area contributed by atoms with E-state index in [9.17, 15) is 9.18 Å². The summed E-state index contributed by atoms with van der Waals surface area (Å²) in [5.74, 6) is 0.503. The molecule has 4 rings (SSSR count). The van der Waals surface area contributed by atoms with Gasteiger partial charge in [0.15, 0.2) is 11.6 Å². The Morgan fingerprint density at radius 3 is 2.63 bits per heavy atom. The van der Waals surface area contributed by atoms with Gasteiger partial charge in [0.2, 0.25) is 0 Å². The monoisotopic (exact) mass is 383 g/mol. The smallest absolute Gasteiger partial charge is 0.168 e. The zero-order chi connectivity index (χ0) is 19.1. The van der Waals surface area contributed by atoms with Crippen LogP contribution in [0.1, 0.15) is 35.0 Å². The van der Waals surface area contributed by atoms with E-state index in [4.69, 9.17) is 11.6 Å². The van der Waals surface area contributed by atoms with Crippen LogP contribution in [0, 0.1) is 18.7 Å². The number of halogens is 2. The second kappa shape index (κ2) is 6.82. The summed E-state index contributed by atoms with van der Waals surface area (Å²) in [5, 5.41) is 8.52. The lowest BCUT2D eigenvalue weighted by molar-refractivity contribution is 0.0953. The predicted octanol–water partition coefficient (Wildman–Crippen LogP) is 5.48. The minimum Gasteiger partial charge on any atom is -0.338 e. The van der Waals surface area contributed by atoms with Gasteiger partial charge in [0, 0.05) is 17.1 Å². The molecule has 0 bridgehead atoms. The van der Waals surface area contributed by atoms with Gasteiger partial charge in [-0.3, -0.25) is 4.79 Å². The Balaban J connectivity index is 1.82. The molecule has 1 N–H and O–H groups in total. The van der Waals surface area contributed by atoms with Gasteiger partial charge in [0.25, 0.3) is 0 Å². The van der Waals surface area contributed by atoms with E-state index in [2.05, 4.69) is 17.3 Å². The van der Waals surface area contributed by atoms with Crippen LogP contribution in [0.5, 0.6) is 0 Å². The number of ketones is 1. The van der Waals surface area contributed by atoms with Crippen molar-refractivity contribution < 1.29 is 9.18 Å². The number of anilines is 2. The van der Waals surface area contributed by atoms with Crippen molar-refractivity contribution in [1.29, 1.82) is 0 Å². The van der Waals surface area contributed by atoms with Crippen molar-refractivity contribution >= 4 is 28.9 Å². The summed E-state index contributed by atoms with van der Waals surface area (Å²) in [4.78, 5) is 12.7. The highest BCUT2D eigenvalue weighted by Gasteiger charge is 2.31. The number of Topliss-reactive ketones (excluding diaryl/α,β-unsaturated/α-hetero) is 1. The topological polar surface area (TPSA) is 46.9 Å². The van der Waals surface area contributed by atoms with Crippen LogP contribution >= 0.6 is 11.6 Å². The Labute approximate surface area is 162 Å². The molecule has 1 aliphatic rings. The summed E-state index contributed by atoms with van der Waals surface area (Å²) in [6.45, 7) is 3.98. The van der Waals surface area contributed by atoms with Gasteiger partial charge in [-0.05, 0) is 61.2 Å². The molecule has 2 aromatic carbocycles. The molecular weight excluding hydrogens is 365 g/mol. The van der Waals surface area contributed by atoms with E-state index in [1.165, 1.54) is 12.1 Å². The van der Waals surface area contributed by atoms with Crippen LogP contribution in [0.3, 0.4) is 0 Å². The van der Waals surface area contributed by atoms with E-state index in [1.807, 2.05) is 25.1 Å². The summed E-state index contributed by atoms with van der Waals surface area (Å²) in [6, 6.07) is 11.8. The summed E-state index contributed by atoms with van der Waals surface area (Å²) in [6.07, 6.45) is 1.23. The fourth-order valence-electron chi connectivity index (χ4n) is 3.45. The number of hydrogen-bond donors (Lipinski definition) is 1. The first kappa shape index (κ1) is 17.7. The average molecular weight is 384 g/mol. The van der Waals surface area contributed by atoms with Gasteiger partial charge < -0.3 is 5.32 Å². The number of rotatable bonds is 3. The van der Waals surface area contributed by atoms with Crippen LogP contribution in [0.2, 0.25) is 5.02 Å². The van der Waals surface area contributed by atoms with Gasteiger partial charge in [-0.2, -0.15) is 0 Å². The van der Waals surface area contributed by atoms with Crippen molar-refractivity contribution in [2.24, 2.45) is 5.92 Å². The van der Waals surface area contributed by atoms with Crippen LogP contribution in [-0.4, -0.2) is 15.6 Å². The summed E-state index contributed by atoms with van der Waals surface area (Å²) in [7, 11) is 0. The number of nitrogens with one attached hydrogen (secondary N) is 1. The quantitative estimate of drug-likeness (QED) is 0.651. The maximum absolute atomic E-state index is 13.3. The molecule has 0 aliphatic heterocycles. The van der Waals surface area contributed by atoms with E-state index in [-0.39, 0.29) is 17.5 Å². The molecule has 0 amide bonds. The second-order valence-corrected chi connectivity index (χ2v) is 7.49. The van der Waals surface area contributed by atoms with Crippen LogP contribution in [-0.2, 0) is 6.42 Å². The van der Waals surface area contributed by atoms with Crippen molar-refractivity contribution in [3.8, 4) is 5.69 Å². The number of fused-ring (bicyclic) bond motifs is 1. The zero-order valence-corrected chi connectivity index (χ0v) is 15.8. The third kappa shape index (κ3) is 3.35. The highest BCUT2D eigenvalue weighted by molar-refractivity contribution is 6.31. The first-order valence-corrected chi connectivity index (χ1v) is 9.24. The Hall–Kier alpha value is -2.66. The van der Waals surface area contributed by atoms with E-state index >= 15 is 0 Å². The van der Waals surface area contributed by atoms with E-state index in [1.54, 1.807) is 16.8 Å². The molecule has 4 nitrogen and oxygen atoms in total. The number of carbonyl (C=O) groups is 1. The van der Waals surface area contributed by atoms with Gasteiger partial charge >= 0.3 is 0 Å². The second-order valence-electron chi connectivity index (χ2n) is 7.08. The number of nitrogens with zero attached hydrogens (tertiary/aromatic N) is 2. The summed E-state index contributed by atoms with van der Waals surface area (Å²) >= 11 is 6.22. The van der Waals surface area contributed by atoms with Gasteiger partial charge in [0.1, 0.15) is 5.82 Å². The van der Waals surface area contributed by atoms with Crippen LogP contribution < -0.4 is 5.32 Å². The molecule has 6 heteroatoms. The maximum atomic E-state index is 13.3. The lowest BCUT2D eigenvalue weighted by Gasteiger charge is -2.19. The van der Waals surface area contributed by atoms with Gasteiger partial charge in [-0.1, -0.05) is 24.6 Å². The van der Waals surface area contributed by atoms with Crippen molar-refractivity contribution in [3.63, 3.8) is 0 Å². The Bertz CT molecular complexity index is 1030. The van der Waals surface area contributed by atoms with Crippen LogP contribution in [0.25, 0.3) is 5.69 Å². The zero-order valence-electron chi connectivity index (χ0n) is 15.1.